The standard InChI is InChI=1S/C15H21ClO/c1-15(2)10-4-5-13(15)14(16)11-6-8-12(17-3)9-7-11/h6-9,13-14H,4-5,10H2,1-3H3. The number of rotatable bonds is 3. The second-order valence-electron chi connectivity index (χ2n) is 5.66. The Kier molecular flexibility index (Phi) is 3.67. The van der Waals surface area contributed by atoms with Gasteiger partial charge in [0.25, 0.3) is 0 Å². The highest BCUT2D eigenvalue weighted by atomic mass is 35.5. The normalized spacial score (nSPS) is 24.6. The summed E-state index contributed by atoms with van der Waals surface area (Å²) in [5.41, 5.74) is 1.58. The second-order valence-corrected chi connectivity index (χ2v) is 6.13. The van der Waals surface area contributed by atoms with Crippen LogP contribution in [0.1, 0.15) is 44.1 Å². The third-order valence-electron chi connectivity index (χ3n) is 4.13. The molecule has 2 atom stereocenters. The highest BCUT2D eigenvalue weighted by Crippen LogP contribution is 2.51. The molecule has 1 saturated carbocycles. The van der Waals surface area contributed by atoms with Crippen LogP contribution in [0.2, 0.25) is 0 Å². The van der Waals surface area contributed by atoms with Crippen LogP contribution in [0.3, 0.4) is 0 Å². The first-order valence-corrected chi connectivity index (χ1v) is 6.76. The number of ether oxygens (including phenoxy) is 1. The lowest BCUT2D eigenvalue weighted by atomic mass is 9.78. The molecule has 0 bridgehead atoms. The zero-order chi connectivity index (χ0) is 12.5. The number of hydrogen-bond donors (Lipinski definition) is 0. The summed E-state index contributed by atoms with van der Waals surface area (Å²) in [4.78, 5) is 0. The average Bonchev–Trinajstić information content (AvgIpc) is 2.68. The first-order chi connectivity index (χ1) is 8.04. The van der Waals surface area contributed by atoms with E-state index in [4.69, 9.17) is 16.3 Å². The van der Waals surface area contributed by atoms with Crippen molar-refractivity contribution in [1.29, 1.82) is 0 Å². The van der Waals surface area contributed by atoms with Crippen molar-refractivity contribution >= 4 is 11.6 Å². The zero-order valence-electron chi connectivity index (χ0n) is 10.9. The summed E-state index contributed by atoms with van der Waals surface area (Å²) < 4.78 is 5.17. The maximum absolute atomic E-state index is 6.65. The van der Waals surface area contributed by atoms with Gasteiger partial charge in [0.1, 0.15) is 5.75 Å². The SMILES string of the molecule is COc1ccc(C(Cl)C2CCCC2(C)C)cc1. The van der Waals surface area contributed by atoms with Crippen LogP contribution in [0.4, 0.5) is 0 Å². The van der Waals surface area contributed by atoms with Crippen molar-refractivity contribution in [3.05, 3.63) is 29.8 Å². The van der Waals surface area contributed by atoms with Gasteiger partial charge in [0.15, 0.2) is 0 Å². The molecule has 1 fully saturated rings. The summed E-state index contributed by atoms with van der Waals surface area (Å²) in [6, 6.07) is 8.16. The maximum atomic E-state index is 6.65. The van der Waals surface area contributed by atoms with E-state index in [1.54, 1.807) is 7.11 Å². The summed E-state index contributed by atoms with van der Waals surface area (Å²) in [5.74, 6) is 1.47. The van der Waals surface area contributed by atoms with Crippen LogP contribution in [0.25, 0.3) is 0 Å². The molecule has 1 aromatic carbocycles. The van der Waals surface area contributed by atoms with Crippen molar-refractivity contribution < 1.29 is 4.74 Å². The molecule has 1 nitrogen and oxygen atoms in total. The van der Waals surface area contributed by atoms with Gasteiger partial charge in [-0.1, -0.05) is 32.4 Å². The molecule has 1 aliphatic carbocycles. The van der Waals surface area contributed by atoms with Crippen molar-refractivity contribution in [2.24, 2.45) is 11.3 Å². The average molecular weight is 253 g/mol. The molecule has 0 N–H and O–H groups in total. The number of halogens is 1. The van der Waals surface area contributed by atoms with E-state index in [-0.39, 0.29) is 5.38 Å². The van der Waals surface area contributed by atoms with E-state index in [2.05, 4.69) is 26.0 Å². The topological polar surface area (TPSA) is 9.23 Å². The lowest BCUT2D eigenvalue weighted by Gasteiger charge is -2.31. The minimum absolute atomic E-state index is 0.124. The monoisotopic (exact) mass is 252 g/mol. The fourth-order valence-corrected chi connectivity index (χ4v) is 3.53. The van der Waals surface area contributed by atoms with E-state index in [9.17, 15) is 0 Å². The molecule has 0 heterocycles. The van der Waals surface area contributed by atoms with Gasteiger partial charge in [0, 0.05) is 0 Å². The Bertz CT molecular complexity index is 369. The molecular weight excluding hydrogens is 232 g/mol. The molecule has 2 unspecified atom stereocenters. The van der Waals surface area contributed by atoms with E-state index < -0.39 is 0 Å². The Balaban J connectivity index is 2.16. The fraction of sp³-hybridized carbons (Fsp3) is 0.600. The van der Waals surface area contributed by atoms with Crippen LogP contribution in [-0.2, 0) is 0 Å². The van der Waals surface area contributed by atoms with Crippen LogP contribution in [0.15, 0.2) is 24.3 Å². The number of methoxy groups -OCH3 is 1. The quantitative estimate of drug-likeness (QED) is 0.702. The van der Waals surface area contributed by atoms with Crippen LogP contribution < -0.4 is 4.74 Å². The van der Waals surface area contributed by atoms with E-state index in [0.29, 0.717) is 11.3 Å². The highest BCUT2D eigenvalue weighted by molar-refractivity contribution is 6.21. The van der Waals surface area contributed by atoms with Crippen molar-refractivity contribution in [3.8, 4) is 5.75 Å². The first-order valence-electron chi connectivity index (χ1n) is 6.32. The van der Waals surface area contributed by atoms with Gasteiger partial charge >= 0.3 is 0 Å². The Hall–Kier alpha value is -0.690. The predicted molar refractivity (Wildman–Crippen MR) is 72.7 cm³/mol. The van der Waals surface area contributed by atoms with Crippen molar-refractivity contribution in [2.75, 3.05) is 7.11 Å². The van der Waals surface area contributed by atoms with Gasteiger partial charge in [0.05, 0.1) is 12.5 Å². The fourth-order valence-electron chi connectivity index (χ4n) is 2.92. The summed E-state index contributed by atoms with van der Waals surface area (Å²) in [7, 11) is 1.69. The minimum atomic E-state index is 0.124. The smallest absolute Gasteiger partial charge is 0.118 e. The number of alkyl halides is 1. The summed E-state index contributed by atoms with van der Waals surface area (Å²) >= 11 is 6.65. The third kappa shape index (κ3) is 2.60. The van der Waals surface area contributed by atoms with E-state index in [0.717, 1.165) is 5.75 Å². The Labute approximate surface area is 109 Å². The van der Waals surface area contributed by atoms with Gasteiger partial charge in [-0.05, 0) is 41.9 Å². The molecule has 0 aliphatic heterocycles. The molecule has 0 amide bonds. The molecule has 1 aromatic rings. The lowest BCUT2D eigenvalue weighted by Crippen LogP contribution is -2.21. The molecule has 0 aromatic heterocycles. The predicted octanol–water partition coefficient (Wildman–Crippen LogP) is 4.80. The lowest BCUT2D eigenvalue weighted by molar-refractivity contribution is 0.252. The highest BCUT2D eigenvalue weighted by Gasteiger charge is 2.39. The van der Waals surface area contributed by atoms with Crippen LogP contribution in [-0.4, -0.2) is 7.11 Å². The zero-order valence-corrected chi connectivity index (χ0v) is 11.6. The molecule has 17 heavy (non-hydrogen) atoms. The van der Waals surface area contributed by atoms with Gasteiger partial charge in [-0.2, -0.15) is 0 Å². The number of hydrogen-bond acceptors (Lipinski definition) is 1. The van der Waals surface area contributed by atoms with E-state index in [1.807, 2.05) is 12.1 Å². The maximum Gasteiger partial charge on any atom is 0.118 e. The van der Waals surface area contributed by atoms with Gasteiger partial charge < -0.3 is 4.74 Å². The molecular formula is C15H21ClO. The van der Waals surface area contributed by atoms with Crippen LogP contribution in [0, 0.1) is 11.3 Å². The molecule has 1 aliphatic rings. The molecule has 0 saturated heterocycles. The Morgan fingerprint density at radius 3 is 2.41 bits per heavy atom. The van der Waals surface area contributed by atoms with Gasteiger partial charge in [-0.25, -0.2) is 0 Å². The van der Waals surface area contributed by atoms with Crippen molar-refractivity contribution in [2.45, 2.75) is 38.5 Å². The third-order valence-corrected chi connectivity index (χ3v) is 4.68. The number of benzene rings is 1. The molecule has 94 valence electrons. The van der Waals surface area contributed by atoms with E-state index >= 15 is 0 Å². The summed E-state index contributed by atoms with van der Waals surface area (Å²) in [5, 5.41) is 0.124. The minimum Gasteiger partial charge on any atom is -0.497 e. The van der Waals surface area contributed by atoms with Crippen molar-refractivity contribution in [3.63, 3.8) is 0 Å². The van der Waals surface area contributed by atoms with Gasteiger partial charge in [-0.3, -0.25) is 0 Å². The van der Waals surface area contributed by atoms with E-state index in [1.165, 1.54) is 24.8 Å². The molecule has 2 heteroatoms. The van der Waals surface area contributed by atoms with Crippen LogP contribution >= 0.6 is 11.6 Å². The Morgan fingerprint density at radius 1 is 1.29 bits per heavy atom. The first kappa shape index (κ1) is 12.8. The molecule has 0 radical (unpaired) electrons. The molecule has 2 rings (SSSR count). The molecule has 0 spiro atoms. The largest absolute Gasteiger partial charge is 0.497 e. The van der Waals surface area contributed by atoms with Gasteiger partial charge in [-0.15, -0.1) is 11.6 Å². The second kappa shape index (κ2) is 4.89. The van der Waals surface area contributed by atoms with Crippen molar-refractivity contribution in [1.82, 2.24) is 0 Å². The van der Waals surface area contributed by atoms with Crippen LogP contribution in [0.5, 0.6) is 5.75 Å². The summed E-state index contributed by atoms with van der Waals surface area (Å²) in [6.45, 7) is 4.67. The van der Waals surface area contributed by atoms with Gasteiger partial charge in [0.2, 0.25) is 0 Å². The summed E-state index contributed by atoms with van der Waals surface area (Å²) in [6.07, 6.45) is 3.83. The Morgan fingerprint density at radius 2 is 1.94 bits per heavy atom.